The van der Waals surface area contributed by atoms with Gasteiger partial charge < -0.3 is 5.32 Å². The second-order valence-corrected chi connectivity index (χ2v) is 2.09. The van der Waals surface area contributed by atoms with Crippen LogP contribution in [0.4, 0.5) is 0 Å². The van der Waals surface area contributed by atoms with E-state index in [-0.39, 0.29) is 0 Å². The SMILES string of the molecule is [CH2]CCC[N-]CCC[CH2+]. The molecular weight excluding hydrogens is 110 g/mol. The summed E-state index contributed by atoms with van der Waals surface area (Å²) in [6.07, 6.45) is 4.29. The summed E-state index contributed by atoms with van der Waals surface area (Å²) in [6.45, 7) is 9.44. The van der Waals surface area contributed by atoms with Crippen LogP contribution < -0.4 is 0 Å². The number of nitrogens with zero attached hydrogens (tertiary/aromatic N) is 1. The smallest absolute Gasteiger partial charge is 0.0834 e. The summed E-state index contributed by atoms with van der Waals surface area (Å²) in [5.41, 5.74) is 0. The number of rotatable bonds is 6. The minimum Gasteiger partial charge on any atom is -0.662 e. The predicted octanol–water partition coefficient (Wildman–Crippen LogP) is 2.59. The van der Waals surface area contributed by atoms with E-state index in [1.165, 1.54) is 0 Å². The van der Waals surface area contributed by atoms with Crippen molar-refractivity contribution in [2.24, 2.45) is 0 Å². The molecule has 0 aliphatic rings. The van der Waals surface area contributed by atoms with Crippen LogP contribution in [0, 0.1) is 13.8 Å². The van der Waals surface area contributed by atoms with E-state index in [4.69, 9.17) is 0 Å². The van der Waals surface area contributed by atoms with Gasteiger partial charge in [0.25, 0.3) is 0 Å². The third-order valence-corrected chi connectivity index (χ3v) is 1.13. The van der Waals surface area contributed by atoms with Crippen LogP contribution in [0.3, 0.4) is 0 Å². The van der Waals surface area contributed by atoms with E-state index in [0.29, 0.717) is 0 Å². The van der Waals surface area contributed by atoms with Crippen molar-refractivity contribution in [3.63, 3.8) is 0 Å². The molecule has 0 saturated heterocycles. The zero-order valence-corrected chi connectivity index (χ0v) is 6.10. The van der Waals surface area contributed by atoms with E-state index in [2.05, 4.69) is 19.2 Å². The minimum absolute atomic E-state index is 0.990. The molecule has 0 rings (SSSR count). The van der Waals surface area contributed by atoms with Crippen LogP contribution >= 0.6 is 0 Å². The van der Waals surface area contributed by atoms with E-state index >= 15 is 0 Å². The third kappa shape index (κ3) is 7.83. The van der Waals surface area contributed by atoms with Gasteiger partial charge >= 0.3 is 0 Å². The molecule has 0 aromatic carbocycles. The maximum Gasteiger partial charge on any atom is 0.0834 e. The first kappa shape index (κ1) is 8.83. The Hall–Kier alpha value is -0.170. The summed E-state index contributed by atoms with van der Waals surface area (Å²) in [7, 11) is 0. The fourth-order valence-electron chi connectivity index (χ4n) is 0.559. The van der Waals surface area contributed by atoms with Crippen LogP contribution in [0.25, 0.3) is 5.32 Å². The molecule has 53 valence electrons. The molecule has 1 nitrogen and oxygen atoms in total. The second kappa shape index (κ2) is 7.83. The van der Waals surface area contributed by atoms with Crippen LogP contribution in [0.15, 0.2) is 0 Å². The molecule has 0 unspecified atom stereocenters. The second-order valence-electron chi connectivity index (χ2n) is 2.09. The van der Waals surface area contributed by atoms with Crippen molar-refractivity contribution in [2.75, 3.05) is 13.1 Å². The quantitative estimate of drug-likeness (QED) is 0.383. The lowest BCUT2D eigenvalue weighted by molar-refractivity contribution is 0.829. The maximum atomic E-state index is 4.27. The molecule has 0 N–H and O–H groups in total. The van der Waals surface area contributed by atoms with Crippen LogP contribution in [0.5, 0.6) is 0 Å². The molecule has 9 heavy (non-hydrogen) atoms. The Morgan fingerprint density at radius 1 is 1.22 bits per heavy atom. The van der Waals surface area contributed by atoms with Gasteiger partial charge in [-0.3, -0.25) is 0 Å². The highest BCUT2D eigenvalue weighted by molar-refractivity contribution is 4.78. The standard InChI is InChI=1S/C8H16N/c1-3-5-7-9-8-6-4-2/h1-8H2. The Balaban J connectivity index is 2.60. The van der Waals surface area contributed by atoms with Crippen molar-refractivity contribution in [3.05, 3.63) is 19.2 Å². The van der Waals surface area contributed by atoms with Gasteiger partial charge in [-0.1, -0.05) is 19.8 Å². The average molecular weight is 126 g/mol. The Labute approximate surface area is 58.8 Å². The van der Waals surface area contributed by atoms with Gasteiger partial charge in [-0.2, -0.15) is 0 Å². The molecule has 0 aliphatic heterocycles. The highest BCUT2D eigenvalue weighted by Crippen LogP contribution is 1.96. The highest BCUT2D eigenvalue weighted by Gasteiger charge is 1.76. The van der Waals surface area contributed by atoms with Crippen LogP contribution in [-0.4, -0.2) is 13.1 Å². The first-order valence-electron chi connectivity index (χ1n) is 3.63. The van der Waals surface area contributed by atoms with Gasteiger partial charge in [-0.05, 0) is 6.42 Å². The summed E-state index contributed by atoms with van der Waals surface area (Å²) < 4.78 is 0. The molecule has 0 aliphatic carbocycles. The molecule has 0 aromatic heterocycles. The van der Waals surface area contributed by atoms with Crippen molar-refractivity contribution < 1.29 is 0 Å². The molecule has 0 spiro atoms. The van der Waals surface area contributed by atoms with Crippen molar-refractivity contribution in [1.82, 2.24) is 0 Å². The van der Waals surface area contributed by atoms with Crippen LogP contribution in [0.1, 0.15) is 25.7 Å². The molecule has 1 heteroatoms. The Morgan fingerprint density at radius 2 is 1.89 bits per heavy atom. The maximum absolute atomic E-state index is 4.27. The molecule has 0 atom stereocenters. The van der Waals surface area contributed by atoms with Gasteiger partial charge in [-0.15, -0.1) is 13.1 Å². The summed E-state index contributed by atoms with van der Waals surface area (Å²) in [5.74, 6) is 0. The topological polar surface area (TPSA) is 14.1 Å². The normalized spacial score (nSPS) is 9.89. The minimum atomic E-state index is 0.990. The van der Waals surface area contributed by atoms with E-state index in [0.717, 1.165) is 38.8 Å². The number of hydrogen-bond donors (Lipinski definition) is 0. The molecular formula is C8H16N. The van der Waals surface area contributed by atoms with Gasteiger partial charge in [0.2, 0.25) is 0 Å². The predicted molar refractivity (Wildman–Crippen MR) is 42.3 cm³/mol. The molecule has 0 amide bonds. The van der Waals surface area contributed by atoms with Crippen LogP contribution in [0.2, 0.25) is 0 Å². The summed E-state index contributed by atoms with van der Waals surface area (Å²) in [4.78, 5) is 0. The zero-order valence-electron chi connectivity index (χ0n) is 6.10. The molecule has 0 heterocycles. The van der Waals surface area contributed by atoms with Gasteiger partial charge in [0.05, 0.1) is 13.3 Å². The Morgan fingerprint density at radius 3 is 2.44 bits per heavy atom. The third-order valence-electron chi connectivity index (χ3n) is 1.13. The first-order valence-corrected chi connectivity index (χ1v) is 3.63. The monoisotopic (exact) mass is 126 g/mol. The number of hydrogen-bond acceptors (Lipinski definition) is 0. The lowest BCUT2D eigenvalue weighted by Crippen LogP contribution is -1.87. The fourth-order valence-corrected chi connectivity index (χ4v) is 0.559. The van der Waals surface area contributed by atoms with E-state index in [9.17, 15) is 0 Å². The van der Waals surface area contributed by atoms with Gasteiger partial charge in [0.15, 0.2) is 0 Å². The Bertz CT molecular complexity index is 37.8. The molecule has 0 aromatic rings. The largest absolute Gasteiger partial charge is 0.662 e. The van der Waals surface area contributed by atoms with E-state index in [1.807, 2.05) is 0 Å². The van der Waals surface area contributed by atoms with Crippen LogP contribution in [-0.2, 0) is 0 Å². The Kier molecular flexibility index (Phi) is 7.68. The number of unbranched alkanes of at least 4 members (excludes halogenated alkanes) is 2. The van der Waals surface area contributed by atoms with Crippen molar-refractivity contribution in [1.29, 1.82) is 0 Å². The van der Waals surface area contributed by atoms with E-state index in [1.54, 1.807) is 0 Å². The average Bonchev–Trinajstić information content (AvgIpc) is 1.89. The fraction of sp³-hybridized carbons (Fsp3) is 0.750. The zero-order chi connectivity index (χ0) is 6.95. The highest BCUT2D eigenvalue weighted by atomic mass is 14.8. The van der Waals surface area contributed by atoms with Gasteiger partial charge in [-0.25, -0.2) is 0 Å². The molecule has 0 bridgehead atoms. The lowest BCUT2D eigenvalue weighted by atomic mass is 10.3. The van der Waals surface area contributed by atoms with Gasteiger partial charge in [0, 0.05) is 0 Å². The van der Waals surface area contributed by atoms with E-state index < -0.39 is 0 Å². The summed E-state index contributed by atoms with van der Waals surface area (Å²) in [6, 6.07) is 0. The summed E-state index contributed by atoms with van der Waals surface area (Å²) >= 11 is 0. The molecule has 1 radical (unpaired) electrons. The van der Waals surface area contributed by atoms with Crippen molar-refractivity contribution in [2.45, 2.75) is 25.7 Å². The first-order chi connectivity index (χ1) is 4.41. The summed E-state index contributed by atoms with van der Waals surface area (Å²) in [5, 5.41) is 4.27. The van der Waals surface area contributed by atoms with Crippen molar-refractivity contribution in [3.8, 4) is 0 Å². The van der Waals surface area contributed by atoms with Crippen molar-refractivity contribution >= 4 is 0 Å². The van der Waals surface area contributed by atoms with Gasteiger partial charge in [0.1, 0.15) is 0 Å². The molecule has 0 saturated carbocycles. The molecule has 0 fully saturated rings. The lowest BCUT2D eigenvalue weighted by Gasteiger charge is -2.15.